The van der Waals surface area contributed by atoms with Crippen LogP contribution in [0.15, 0.2) is 48.7 Å². The maximum atomic E-state index is 13.8. The van der Waals surface area contributed by atoms with E-state index in [1.165, 1.54) is 11.1 Å². The van der Waals surface area contributed by atoms with Crippen LogP contribution in [0.1, 0.15) is 42.6 Å². The van der Waals surface area contributed by atoms with E-state index in [1.54, 1.807) is 43.3 Å². The van der Waals surface area contributed by atoms with E-state index in [4.69, 9.17) is 0 Å². The number of nitrogens with zero attached hydrogens (tertiary/aromatic N) is 5. The third kappa shape index (κ3) is 5.94. The highest BCUT2D eigenvalue weighted by molar-refractivity contribution is 6.06. The maximum absolute atomic E-state index is 13.8. The summed E-state index contributed by atoms with van der Waals surface area (Å²) in [6, 6.07) is 10.3. The highest BCUT2D eigenvalue weighted by Gasteiger charge is 2.42. The van der Waals surface area contributed by atoms with E-state index in [0.717, 1.165) is 5.56 Å². The molecule has 13 heteroatoms. The number of H-pyrrole nitrogens is 1. The van der Waals surface area contributed by atoms with E-state index in [1.807, 2.05) is 6.07 Å². The predicted octanol–water partition coefficient (Wildman–Crippen LogP) is 0.322. The topological polar surface area (TPSA) is 183 Å². The van der Waals surface area contributed by atoms with Crippen LogP contribution in [0.3, 0.4) is 0 Å². The number of amides is 3. The summed E-state index contributed by atoms with van der Waals surface area (Å²) in [4.78, 5) is 56.9. The van der Waals surface area contributed by atoms with Crippen molar-refractivity contribution in [1.82, 2.24) is 36.2 Å². The molecule has 1 aromatic carbocycles. The number of aromatic amines is 1. The SMILES string of the molecule is C[C@@H](C(=O)N[C@@H](CCC(=O)O)C(=O)N1c2ncccc2C[C@H]1C(=O)NCc1nn[nH]n1)c1ccccc1. The van der Waals surface area contributed by atoms with Crippen LogP contribution in [0.2, 0.25) is 0 Å². The lowest BCUT2D eigenvalue weighted by molar-refractivity contribution is -0.138. The highest BCUT2D eigenvalue weighted by atomic mass is 16.4. The molecule has 192 valence electrons. The van der Waals surface area contributed by atoms with E-state index >= 15 is 0 Å². The quantitative estimate of drug-likeness (QED) is 0.301. The summed E-state index contributed by atoms with van der Waals surface area (Å²) in [7, 11) is 0. The van der Waals surface area contributed by atoms with Gasteiger partial charge in [0.25, 0.3) is 5.91 Å². The second kappa shape index (κ2) is 11.4. The number of rotatable bonds is 10. The number of hydrogen-bond donors (Lipinski definition) is 4. The second-order valence-electron chi connectivity index (χ2n) is 8.59. The molecule has 13 nitrogen and oxygen atoms in total. The lowest BCUT2D eigenvalue weighted by Crippen LogP contribution is -2.55. The first-order valence-corrected chi connectivity index (χ1v) is 11.7. The van der Waals surface area contributed by atoms with Crippen LogP contribution in [0.4, 0.5) is 5.82 Å². The number of benzene rings is 1. The zero-order valence-corrected chi connectivity index (χ0v) is 20.0. The number of carbonyl (C=O) groups is 4. The van der Waals surface area contributed by atoms with Crippen LogP contribution in [-0.2, 0) is 32.1 Å². The van der Waals surface area contributed by atoms with E-state index in [9.17, 15) is 24.3 Å². The number of aromatic nitrogens is 5. The molecular weight excluding hydrogens is 480 g/mol. The number of hydrogen-bond acceptors (Lipinski definition) is 8. The molecule has 4 N–H and O–H groups in total. The summed E-state index contributed by atoms with van der Waals surface area (Å²) < 4.78 is 0. The lowest BCUT2D eigenvalue weighted by Gasteiger charge is -2.29. The zero-order valence-electron chi connectivity index (χ0n) is 20.0. The highest BCUT2D eigenvalue weighted by Crippen LogP contribution is 2.31. The van der Waals surface area contributed by atoms with Crippen molar-refractivity contribution in [1.29, 1.82) is 0 Å². The van der Waals surface area contributed by atoms with Crippen LogP contribution in [0.5, 0.6) is 0 Å². The molecule has 0 bridgehead atoms. The molecule has 1 aliphatic rings. The summed E-state index contributed by atoms with van der Waals surface area (Å²) in [5.74, 6) is -2.67. The molecule has 3 aromatic rings. The van der Waals surface area contributed by atoms with E-state index < -0.39 is 41.7 Å². The van der Waals surface area contributed by atoms with Gasteiger partial charge in [-0.1, -0.05) is 41.6 Å². The number of fused-ring (bicyclic) bond motifs is 1. The number of pyridine rings is 1. The molecule has 0 saturated heterocycles. The van der Waals surface area contributed by atoms with Gasteiger partial charge < -0.3 is 15.7 Å². The minimum atomic E-state index is -1.18. The number of tetrazole rings is 1. The minimum Gasteiger partial charge on any atom is -0.481 e. The molecule has 3 amide bonds. The summed E-state index contributed by atoms with van der Waals surface area (Å²) >= 11 is 0. The Labute approximate surface area is 211 Å². The van der Waals surface area contributed by atoms with Crippen LogP contribution in [0, 0.1) is 0 Å². The van der Waals surface area contributed by atoms with Gasteiger partial charge in [0.15, 0.2) is 5.82 Å². The van der Waals surface area contributed by atoms with Gasteiger partial charge in [-0.3, -0.25) is 24.1 Å². The lowest BCUT2D eigenvalue weighted by atomic mass is 9.99. The zero-order chi connectivity index (χ0) is 26.4. The van der Waals surface area contributed by atoms with Crippen LogP contribution in [0.25, 0.3) is 0 Å². The molecule has 0 aliphatic carbocycles. The monoisotopic (exact) mass is 506 g/mol. The molecular formula is C24H26N8O5. The minimum absolute atomic E-state index is 0.00853. The Kier molecular flexibility index (Phi) is 7.81. The van der Waals surface area contributed by atoms with E-state index in [2.05, 4.69) is 36.2 Å². The van der Waals surface area contributed by atoms with Gasteiger partial charge in [0.05, 0.1) is 12.5 Å². The summed E-state index contributed by atoms with van der Waals surface area (Å²) in [5, 5.41) is 28.0. The molecule has 1 aliphatic heterocycles. The molecule has 2 aromatic heterocycles. The third-order valence-corrected chi connectivity index (χ3v) is 6.12. The summed E-state index contributed by atoms with van der Waals surface area (Å²) in [6.45, 7) is 1.69. The fourth-order valence-electron chi connectivity index (χ4n) is 4.15. The number of carboxylic acid groups (broad SMARTS) is 1. The first kappa shape index (κ1) is 25.4. The first-order valence-electron chi connectivity index (χ1n) is 11.7. The molecule has 0 unspecified atom stereocenters. The standard InChI is InChI=1S/C24H26N8O5/c1-14(15-6-3-2-4-7-15)22(35)27-17(9-10-20(33)34)24(37)32-18(12-16-8-5-11-25-21(16)32)23(36)26-13-19-28-30-31-29-19/h2-8,11,14,17-18H,9-10,12-13H2,1H3,(H,26,36)(H,27,35)(H,33,34)(H,28,29,30,31)/t14-,17+,18+/m1/s1. The van der Waals surface area contributed by atoms with Gasteiger partial charge in [0.2, 0.25) is 11.8 Å². The average Bonchev–Trinajstić information content (AvgIpc) is 3.57. The van der Waals surface area contributed by atoms with Gasteiger partial charge in [0, 0.05) is 19.0 Å². The molecule has 0 spiro atoms. The van der Waals surface area contributed by atoms with Crippen molar-refractivity contribution in [2.24, 2.45) is 0 Å². The van der Waals surface area contributed by atoms with Crippen molar-refractivity contribution in [2.75, 3.05) is 4.90 Å². The van der Waals surface area contributed by atoms with Gasteiger partial charge in [-0.15, -0.1) is 10.2 Å². The number of carbonyl (C=O) groups excluding carboxylic acids is 3. The van der Waals surface area contributed by atoms with Crippen molar-refractivity contribution in [3.8, 4) is 0 Å². The maximum Gasteiger partial charge on any atom is 0.303 e. The van der Waals surface area contributed by atoms with Gasteiger partial charge in [-0.2, -0.15) is 5.21 Å². The van der Waals surface area contributed by atoms with Crippen molar-refractivity contribution >= 4 is 29.5 Å². The van der Waals surface area contributed by atoms with Crippen LogP contribution >= 0.6 is 0 Å². The fourth-order valence-corrected chi connectivity index (χ4v) is 4.15. The van der Waals surface area contributed by atoms with Crippen molar-refractivity contribution in [2.45, 2.75) is 50.7 Å². The average molecular weight is 507 g/mol. The summed E-state index contributed by atoms with van der Waals surface area (Å²) in [6.07, 6.45) is 1.19. The van der Waals surface area contributed by atoms with Crippen molar-refractivity contribution in [3.63, 3.8) is 0 Å². The fraction of sp³-hybridized carbons (Fsp3) is 0.333. The normalized spacial score (nSPS) is 15.9. The first-order chi connectivity index (χ1) is 17.8. The van der Waals surface area contributed by atoms with Crippen molar-refractivity contribution in [3.05, 3.63) is 65.6 Å². The third-order valence-electron chi connectivity index (χ3n) is 6.12. The van der Waals surface area contributed by atoms with Crippen LogP contribution in [-0.4, -0.2) is 66.5 Å². The predicted molar refractivity (Wildman–Crippen MR) is 129 cm³/mol. The number of anilines is 1. The largest absolute Gasteiger partial charge is 0.481 e. The molecule has 0 radical (unpaired) electrons. The molecule has 0 saturated carbocycles. The van der Waals surface area contributed by atoms with Gasteiger partial charge >= 0.3 is 5.97 Å². The molecule has 0 fully saturated rings. The van der Waals surface area contributed by atoms with E-state index in [-0.39, 0.29) is 37.4 Å². The van der Waals surface area contributed by atoms with Gasteiger partial charge in [0.1, 0.15) is 17.9 Å². The molecule has 4 rings (SSSR count). The Balaban J connectivity index is 1.57. The Morgan fingerprint density at radius 2 is 1.95 bits per heavy atom. The van der Waals surface area contributed by atoms with Gasteiger partial charge in [-0.25, -0.2) is 4.98 Å². The summed E-state index contributed by atoms with van der Waals surface area (Å²) in [5.41, 5.74) is 1.42. The number of carboxylic acids is 1. The number of aliphatic carboxylic acids is 1. The van der Waals surface area contributed by atoms with E-state index in [0.29, 0.717) is 5.56 Å². The van der Waals surface area contributed by atoms with Gasteiger partial charge in [-0.05, 0) is 30.5 Å². The molecule has 3 heterocycles. The molecule has 3 atom stereocenters. The second-order valence-corrected chi connectivity index (χ2v) is 8.59. The Bertz CT molecular complexity index is 1270. The smallest absolute Gasteiger partial charge is 0.303 e. The number of nitrogens with one attached hydrogen (secondary N) is 3. The Morgan fingerprint density at radius 1 is 1.16 bits per heavy atom. The van der Waals surface area contributed by atoms with Crippen molar-refractivity contribution < 1.29 is 24.3 Å². The molecule has 37 heavy (non-hydrogen) atoms. The Hall–Kier alpha value is -4.68. The van der Waals surface area contributed by atoms with Crippen LogP contribution < -0.4 is 15.5 Å². The Morgan fingerprint density at radius 3 is 2.65 bits per heavy atom.